The Bertz CT molecular complexity index is 543. The van der Waals surface area contributed by atoms with Crippen molar-refractivity contribution in [2.75, 3.05) is 24.2 Å². The minimum absolute atomic E-state index is 0.704. The molecule has 0 unspecified atom stereocenters. The van der Waals surface area contributed by atoms with Crippen molar-refractivity contribution in [1.82, 2.24) is 0 Å². The Labute approximate surface area is 118 Å². The van der Waals surface area contributed by atoms with Gasteiger partial charge in [0.1, 0.15) is 0 Å². The average molecular weight is 268 g/mol. The van der Waals surface area contributed by atoms with Gasteiger partial charge in [0, 0.05) is 29.9 Å². The number of nitrogens with zero attached hydrogens (tertiary/aromatic N) is 2. The number of thioether (sulfide) groups is 1. The Hall–Kier alpha value is -1.92. The molecular formula is C16H16N2S. The van der Waals surface area contributed by atoms with Gasteiger partial charge in [0.25, 0.3) is 0 Å². The lowest BCUT2D eigenvalue weighted by atomic mass is 10.2. The van der Waals surface area contributed by atoms with Crippen LogP contribution < -0.4 is 4.90 Å². The predicted octanol–water partition coefficient (Wildman–Crippen LogP) is 3.79. The highest BCUT2D eigenvalue weighted by atomic mass is 32.2. The molecular weight excluding hydrogens is 252 g/mol. The molecule has 3 heteroatoms. The van der Waals surface area contributed by atoms with E-state index in [1.807, 2.05) is 42.1 Å². The van der Waals surface area contributed by atoms with Crippen molar-refractivity contribution < 1.29 is 0 Å². The molecule has 2 aromatic carbocycles. The first-order valence-electron chi connectivity index (χ1n) is 6.19. The number of hydrogen-bond donors (Lipinski definition) is 0. The maximum Gasteiger partial charge on any atom is 0.0991 e. The first kappa shape index (κ1) is 13.5. The van der Waals surface area contributed by atoms with Gasteiger partial charge in [-0.05, 0) is 36.4 Å². The van der Waals surface area contributed by atoms with Crippen LogP contribution in [0.1, 0.15) is 5.56 Å². The maximum atomic E-state index is 8.77. The molecule has 0 heterocycles. The van der Waals surface area contributed by atoms with E-state index >= 15 is 0 Å². The second-order valence-electron chi connectivity index (χ2n) is 4.24. The Morgan fingerprint density at radius 2 is 1.74 bits per heavy atom. The third-order valence-corrected chi connectivity index (χ3v) is 3.87. The average Bonchev–Trinajstić information content (AvgIpc) is 2.48. The molecule has 2 nitrogen and oxygen atoms in total. The number of anilines is 1. The highest BCUT2D eigenvalue weighted by Gasteiger charge is 2.01. The van der Waals surface area contributed by atoms with Gasteiger partial charge in [-0.25, -0.2) is 0 Å². The summed E-state index contributed by atoms with van der Waals surface area (Å²) in [5.41, 5.74) is 1.85. The smallest absolute Gasteiger partial charge is 0.0991 e. The summed E-state index contributed by atoms with van der Waals surface area (Å²) < 4.78 is 0. The van der Waals surface area contributed by atoms with E-state index in [0.29, 0.717) is 5.56 Å². The van der Waals surface area contributed by atoms with Gasteiger partial charge in [0.15, 0.2) is 0 Å². The van der Waals surface area contributed by atoms with E-state index in [-0.39, 0.29) is 0 Å². The molecule has 0 saturated heterocycles. The molecule has 0 aromatic heterocycles. The summed E-state index contributed by atoms with van der Waals surface area (Å²) in [4.78, 5) is 3.51. The van der Waals surface area contributed by atoms with Crippen LogP contribution in [0.15, 0.2) is 59.5 Å². The molecule has 0 N–H and O–H groups in total. The quantitative estimate of drug-likeness (QED) is 0.772. The Morgan fingerprint density at radius 3 is 2.37 bits per heavy atom. The van der Waals surface area contributed by atoms with Crippen molar-refractivity contribution >= 4 is 17.4 Å². The topological polar surface area (TPSA) is 27.0 Å². The zero-order valence-electron chi connectivity index (χ0n) is 10.9. The second-order valence-corrected chi connectivity index (χ2v) is 5.41. The summed E-state index contributed by atoms with van der Waals surface area (Å²) in [7, 11) is 2.08. The lowest BCUT2D eigenvalue weighted by molar-refractivity contribution is 0.977. The normalized spacial score (nSPS) is 9.89. The predicted molar refractivity (Wildman–Crippen MR) is 81.6 cm³/mol. The monoisotopic (exact) mass is 268 g/mol. The van der Waals surface area contributed by atoms with E-state index in [2.05, 4.69) is 42.3 Å². The van der Waals surface area contributed by atoms with Gasteiger partial charge < -0.3 is 4.90 Å². The van der Waals surface area contributed by atoms with Crippen LogP contribution in [0.25, 0.3) is 0 Å². The van der Waals surface area contributed by atoms with Gasteiger partial charge in [0.2, 0.25) is 0 Å². The van der Waals surface area contributed by atoms with Gasteiger partial charge in [0.05, 0.1) is 11.6 Å². The molecule has 0 fully saturated rings. The van der Waals surface area contributed by atoms with Crippen molar-refractivity contribution in [3.8, 4) is 6.07 Å². The molecule has 2 aromatic rings. The first-order chi connectivity index (χ1) is 9.29. The summed E-state index contributed by atoms with van der Waals surface area (Å²) in [6, 6.07) is 20.3. The molecule has 0 saturated carbocycles. The molecule has 19 heavy (non-hydrogen) atoms. The van der Waals surface area contributed by atoms with Crippen LogP contribution in [0.2, 0.25) is 0 Å². The Balaban J connectivity index is 1.84. The van der Waals surface area contributed by atoms with Crippen molar-refractivity contribution in [2.45, 2.75) is 4.90 Å². The van der Waals surface area contributed by atoms with Gasteiger partial charge in [-0.15, -0.1) is 11.8 Å². The fraction of sp³-hybridized carbons (Fsp3) is 0.188. The number of nitriles is 1. The third-order valence-electron chi connectivity index (χ3n) is 2.88. The van der Waals surface area contributed by atoms with Crippen molar-refractivity contribution in [3.63, 3.8) is 0 Å². The highest BCUT2D eigenvalue weighted by Crippen LogP contribution is 2.18. The maximum absolute atomic E-state index is 8.77. The summed E-state index contributed by atoms with van der Waals surface area (Å²) in [5.74, 6) is 1.04. The fourth-order valence-electron chi connectivity index (χ4n) is 1.74. The number of benzene rings is 2. The molecule has 0 amide bonds. The largest absolute Gasteiger partial charge is 0.374 e. The first-order valence-corrected chi connectivity index (χ1v) is 7.17. The summed E-state index contributed by atoms with van der Waals surface area (Å²) in [6.45, 7) is 0.978. The summed E-state index contributed by atoms with van der Waals surface area (Å²) in [5, 5.41) is 8.77. The van der Waals surface area contributed by atoms with E-state index in [9.17, 15) is 0 Å². The van der Waals surface area contributed by atoms with E-state index in [1.54, 1.807) is 0 Å². The number of rotatable bonds is 5. The van der Waals surface area contributed by atoms with Gasteiger partial charge in [-0.2, -0.15) is 5.26 Å². The summed E-state index contributed by atoms with van der Waals surface area (Å²) >= 11 is 1.86. The fourth-order valence-corrected chi connectivity index (χ4v) is 2.69. The van der Waals surface area contributed by atoms with E-state index in [0.717, 1.165) is 18.0 Å². The minimum atomic E-state index is 0.704. The zero-order chi connectivity index (χ0) is 13.5. The van der Waals surface area contributed by atoms with E-state index < -0.39 is 0 Å². The molecule has 0 bridgehead atoms. The van der Waals surface area contributed by atoms with E-state index in [1.165, 1.54) is 4.90 Å². The summed E-state index contributed by atoms with van der Waals surface area (Å²) in [6.07, 6.45) is 0. The Morgan fingerprint density at radius 1 is 1.05 bits per heavy atom. The van der Waals surface area contributed by atoms with Crippen LogP contribution in [0.5, 0.6) is 0 Å². The molecule has 96 valence electrons. The number of hydrogen-bond acceptors (Lipinski definition) is 3. The molecule has 0 atom stereocenters. The lowest BCUT2D eigenvalue weighted by Crippen LogP contribution is -2.20. The molecule has 0 aliphatic rings. The van der Waals surface area contributed by atoms with Crippen LogP contribution in [-0.2, 0) is 0 Å². The third kappa shape index (κ3) is 4.04. The molecule has 2 rings (SSSR count). The molecule has 0 aliphatic heterocycles. The molecule has 0 aliphatic carbocycles. The van der Waals surface area contributed by atoms with Crippen molar-refractivity contribution in [3.05, 3.63) is 60.2 Å². The Kier molecular flexibility index (Phi) is 4.88. The standard InChI is InChI=1S/C16H16N2S/c1-18(15-9-7-14(13-17)8-10-15)11-12-19-16-5-3-2-4-6-16/h2-10H,11-12H2,1H3. The second kappa shape index (κ2) is 6.86. The van der Waals surface area contributed by atoms with Crippen molar-refractivity contribution in [2.24, 2.45) is 0 Å². The minimum Gasteiger partial charge on any atom is -0.374 e. The molecule has 0 radical (unpaired) electrons. The highest BCUT2D eigenvalue weighted by molar-refractivity contribution is 7.99. The molecule has 0 spiro atoms. The SMILES string of the molecule is CN(CCSc1ccccc1)c1ccc(C#N)cc1. The van der Waals surface area contributed by atoms with Gasteiger partial charge >= 0.3 is 0 Å². The van der Waals surface area contributed by atoms with Crippen molar-refractivity contribution in [1.29, 1.82) is 5.26 Å². The van der Waals surface area contributed by atoms with Crippen LogP contribution in [0, 0.1) is 11.3 Å². The van der Waals surface area contributed by atoms with Gasteiger partial charge in [-0.3, -0.25) is 0 Å². The van der Waals surface area contributed by atoms with Crippen LogP contribution in [0.3, 0.4) is 0 Å². The van der Waals surface area contributed by atoms with Crippen LogP contribution >= 0.6 is 11.8 Å². The van der Waals surface area contributed by atoms with E-state index in [4.69, 9.17) is 5.26 Å². The van der Waals surface area contributed by atoms with Gasteiger partial charge in [-0.1, -0.05) is 18.2 Å². The van der Waals surface area contributed by atoms with Crippen LogP contribution in [0.4, 0.5) is 5.69 Å². The zero-order valence-corrected chi connectivity index (χ0v) is 11.7. The lowest BCUT2D eigenvalue weighted by Gasteiger charge is -2.19. The van der Waals surface area contributed by atoms with Crippen LogP contribution in [-0.4, -0.2) is 19.3 Å².